The molecule has 2 rings (SSSR count). The molecule has 4 nitrogen and oxygen atoms in total. The van der Waals surface area contributed by atoms with Gasteiger partial charge < -0.3 is 14.9 Å². The Morgan fingerprint density at radius 1 is 1.24 bits per heavy atom. The summed E-state index contributed by atoms with van der Waals surface area (Å²) in [5.74, 6) is -1.01. The number of hydrogen-bond donors (Lipinski definition) is 2. The van der Waals surface area contributed by atoms with Gasteiger partial charge in [-0.25, -0.2) is 4.79 Å². The standard InChI is InChI=1S/C13H14O4/c14-8-4-7-10-11(12(15)13(16)17-10)9-5-2-1-3-6-9/h1-3,5-6,10,14-15H,4,7-8H2. The van der Waals surface area contributed by atoms with Crippen LogP contribution in [0.3, 0.4) is 0 Å². The fraction of sp³-hybridized carbons (Fsp3) is 0.308. The van der Waals surface area contributed by atoms with Crippen molar-refractivity contribution in [3.05, 3.63) is 41.7 Å². The van der Waals surface area contributed by atoms with Crippen molar-refractivity contribution in [2.75, 3.05) is 6.61 Å². The van der Waals surface area contributed by atoms with Gasteiger partial charge in [-0.1, -0.05) is 30.3 Å². The summed E-state index contributed by atoms with van der Waals surface area (Å²) in [5.41, 5.74) is 1.29. The summed E-state index contributed by atoms with van der Waals surface area (Å²) in [6, 6.07) is 9.17. The van der Waals surface area contributed by atoms with Crippen molar-refractivity contribution < 1.29 is 19.7 Å². The van der Waals surface area contributed by atoms with E-state index in [9.17, 15) is 9.90 Å². The molecule has 1 aromatic rings. The van der Waals surface area contributed by atoms with E-state index in [4.69, 9.17) is 9.84 Å². The predicted octanol–water partition coefficient (Wildman–Crippen LogP) is 1.65. The molecule has 1 aromatic carbocycles. The first kappa shape index (κ1) is 11.7. The Labute approximate surface area is 99.2 Å². The molecule has 0 radical (unpaired) electrons. The van der Waals surface area contributed by atoms with Crippen LogP contribution in [0.5, 0.6) is 0 Å². The van der Waals surface area contributed by atoms with Gasteiger partial charge in [-0.3, -0.25) is 0 Å². The highest BCUT2D eigenvalue weighted by Gasteiger charge is 2.34. The Bertz CT molecular complexity index is 436. The Kier molecular flexibility index (Phi) is 3.44. The topological polar surface area (TPSA) is 66.8 Å². The van der Waals surface area contributed by atoms with Crippen molar-refractivity contribution in [1.29, 1.82) is 0 Å². The minimum Gasteiger partial charge on any atom is -0.502 e. The summed E-state index contributed by atoms with van der Waals surface area (Å²) in [6.07, 6.45) is 0.579. The number of hydrogen-bond acceptors (Lipinski definition) is 4. The van der Waals surface area contributed by atoms with E-state index in [0.29, 0.717) is 18.4 Å². The van der Waals surface area contributed by atoms with Crippen LogP contribution < -0.4 is 0 Å². The van der Waals surface area contributed by atoms with Crippen LogP contribution in [0.25, 0.3) is 5.57 Å². The zero-order valence-corrected chi connectivity index (χ0v) is 9.30. The summed E-state index contributed by atoms with van der Waals surface area (Å²) < 4.78 is 5.07. The Morgan fingerprint density at radius 3 is 2.59 bits per heavy atom. The number of carbonyl (C=O) groups excluding carboxylic acids is 1. The van der Waals surface area contributed by atoms with Crippen molar-refractivity contribution in [1.82, 2.24) is 0 Å². The fourth-order valence-electron chi connectivity index (χ4n) is 1.93. The molecule has 1 aliphatic rings. The summed E-state index contributed by atoms with van der Waals surface area (Å²) in [6.45, 7) is 0.0386. The summed E-state index contributed by atoms with van der Waals surface area (Å²) in [5, 5.41) is 18.5. The maximum Gasteiger partial charge on any atom is 0.374 e. The van der Waals surface area contributed by atoms with E-state index in [2.05, 4.69) is 0 Å². The molecule has 2 N–H and O–H groups in total. The minimum absolute atomic E-state index is 0.0386. The zero-order valence-electron chi connectivity index (χ0n) is 9.30. The fourth-order valence-corrected chi connectivity index (χ4v) is 1.93. The van der Waals surface area contributed by atoms with Gasteiger partial charge in [0.1, 0.15) is 6.10 Å². The van der Waals surface area contributed by atoms with E-state index in [1.807, 2.05) is 30.3 Å². The van der Waals surface area contributed by atoms with E-state index < -0.39 is 12.1 Å². The molecule has 1 heterocycles. The number of cyclic esters (lactones) is 1. The first-order valence-corrected chi connectivity index (χ1v) is 5.54. The second-order valence-corrected chi connectivity index (χ2v) is 3.89. The van der Waals surface area contributed by atoms with Crippen LogP contribution in [-0.2, 0) is 9.53 Å². The van der Waals surface area contributed by atoms with Crippen LogP contribution in [-0.4, -0.2) is 28.9 Å². The van der Waals surface area contributed by atoms with Gasteiger partial charge in [0.15, 0.2) is 0 Å². The lowest BCUT2D eigenvalue weighted by molar-refractivity contribution is -0.142. The lowest BCUT2D eigenvalue weighted by Crippen LogP contribution is -2.11. The van der Waals surface area contributed by atoms with Crippen molar-refractivity contribution in [3.8, 4) is 0 Å². The molecule has 90 valence electrons. The molecule has 0 aromatic heterocycles. The van der Waals surface area contributed by atoms with E-state index >= 15 is 0 Å². The number of rotatable bonds is 4. The molecule has 0 amide bonds. The van der Waals surface area contributed by atoms with Crippen molar-refractivity contribution >= 4 is 11.5 Å². The molecule has 0 saturated carbocycles. The molecule has 0 aliphatic carbocycles. The predicted molar refractivity (Wildman–Crippen MR) is 62.2 cm³/mol. The zero-order chi connectivity index (χ0) is 12.3. The molecule has 17 heavy (non-hydrogen) atoms. The van der Waals surface area contributed by atoms with Crippen molar-refractivity contribution in [3.63, 3.8) is 0 Å². The summed E-state index contributed by atoms with van der Waals surface area (Å²) >= 11 is 0. The number of ether oxygens (including phenoxy) is 1. The van der Waals surface area contributed by atoms with Gasteiger partial charge >= 0.3 is 5.97 Å². The maximum absolute atomic E-state index is 11.3. The summed E-state index contributed by atoms with van der Waals surface area (Å²) in [4.78, 5) is 11.3. The van der Waals surface area contributed by atoms with Gasteiger partial charge in [-0.15, -0.1) is 0 Å². The second kappa shape index (κ2) is 5.01. The highest BCUT2D eigenvalue weighted by Crippen LogP contribution is 2.32. The Balaban J connectivity index is 2.30. The number of carbonyl (C=O) groups is 1. The lowest BCUT2D eigenvalue weighted by atomic mass is 9.98. The Morgan fingerprint density at radius 2 is 1.94 bits per heavy atom. The molecule has 1 aliphatic heterocycles. The molecule has 0 spiro atoms. The average molecular weight is 234 g/mol. The van der Waals surface area contributed by atoms with E-state index in [0.717, 1.165) is 5.56 Å². The highest BCUT2D eigenvalue weighted by molar-refractivity contribution is 6.00. The van der Waals surface area contributed by atoms with Gasteiger partial charge in [0, 0.05) is 12.2 Å². The van der Waals surface area contributed by atoms with Gasteiger partial charge in [0.25, 0.3) is 0 Å². The normalized spacial score (nSPS) is 19.6. The molecule has 1 unspecified atom stereocenters. The van der Waals surface area contributed by atoms with Gasteiger partial charge in [0.2, 0.25) is 5.76 Å². The van der Waals surface area contributed by atoms with Crippen LogP contribution in [0.2, 0.25) is 0 Å². The average Bonchev–Trinajstić information content (AvgIpc) is 2.64. The number of aliphatic hydroxyl groups is 2. The van der Waals surface area contributed by atoms with Crippen LogP contribution in [0, 0.1) is 0 Å². The van der Waals surface area contributed by atoms with Crippen LogP contribution in [0.15, 0.2) is 36.1 Å². The first-order chi connectivity index (χ1) is 8.24. The maximum atomic E-state index is 11.3. The van der Waals surface area contributed by atoms with Crippen LogP contribution in [0.4, 0.5) is 0 Å². The van der Waals surface area contributed by atoms with Gasteiger partial charge in [0.05, 0.1) is 0 Å². The SMILES string of the molecule is O=C1OC(CCCO)C(c2ccccc2)=C1O. The number of benzene rings is 1. The third-order valence-electron chi connectivity index (χ3n) is 2.73. The molecule has 1 atom stereocenters. The summed E-state index contributed by atoms with van der Waals surface area (Å²) in [7, 11) is 0. The quantitative estimate of drug-likeness (QED) is 0.777. The van der Waals surface area contributed by atoms with Crippen molar-refractivity contribution in [2.24, 2.45) is 0 Å². The third-order valence-corrected chi connectivity index (χ3v) is 2.73. The first-order valence-electron chi connectivity index (χ1n) is 5.54. The largest absolute Gasteiger partial charge is 0.502 e. The Hall–Kier alpha value is -1.81. The monoisotopic (exact) mass is 234 g/mol. The van der Waals surface area contributed by atoms with E-state index in [1.165, 1.54) is 0 Å². The third kappa shape index (κ3) is 2.31. The van der Waals surface area contributed by atoms with Gasteiger partial charge in [-0.2, -0.15) is 0 Å². The van der Waals surface area contributed by atoms with Crippen LogP contribution >= 0.6 is 0 Å². The van der Waals surface area contributed by atoms with Gasteiger partial charge in [-0.05, 0) is 18.4 Å². The lowest BCUT2D eigenvalue weighted by Gasteiger charge is -2.12. The molecular formula is C13H14O4. The number of aliphatic hydroxyl groups excluding tert-OH is 2. The van der Waals surface area contributed by atoms with Crippen molar-refractivity contribution in [2.45, 2.75) is 18.9 Å². The molecule has 0 fully saturated rings. The second-order valence-electron chi connectivity index (χ2n) is 3.89. The molecule has 4 heteroatoms. The highest BCUT2D eigenvalue weighted by atomic mass is 16.6. The van der Waals surface area contributed by atoms with E-state index in [1.54, 1.807) is 0 Å². The molecule has 0 saturated heterocycles. The molecule has 0 bridgehead atoms. The smallest absolute Gasteiger partial charge is 0.374 e. The van der Waals surface area contributed by atoms with E-state index in [-0.39, 0.29) is 12.4 Å². The number of esters is 1. The minimum atomic E-state index is -0.688. The molecular weight excluding hydrogens is 220 g/mol. The van der Waals surface area contributed by atoms with Crippen LogP contribution in [0.1, 0.15) is 18.4 Å².